The van der Waals surface area contributed by atoms with Crippen LogP contribution < -0.4 is 0 Å². The summed E-state index contributed by atoms with van der Waals surface area (Å²) in [7, 11) is 0. The van der Waals surface area contributed by atoms with Crippen molar-refractivity contribution < 1.29 is 0 Å². The molecular weight excluding hydrogens is 468 g/mol. The highest BCUT2D eigenvalue weighted by molar-refractivity contribution is 5.88. The van der Waals surface area contributed by atoms with E-state index in [4.69, 9.17) is 0 Å². The lowest BCUT2D eigenvalue weighted by Gasteiger charge is -2.11. The molecule has 0 heterocycles. The zero-order valence-electron chi connectivity index (χ0n) is 21.7. The predicted octanol–water partition coefficient (Wildman–Crippen LogP) is 9.73. The van der Waals surface area contributed by atoms with Gasteiger partial charge < -0.3 is 0 Å². The van der Waals surface area contributed by atoms with E-state index in [0.717, 1.165) is 19.3 Å². The van der Waals surface area contributed by atoms with Gasteiger partial charge in [0.1, 0.15) is 0 Å². The molecule has 0 fully saturated rings. The van der Waals surface area contributed by atoms with Crippen LogP contribution in [0.1, 0.15) is 33.4 Å². The lowest BCUT2D eigenvalue weighted by Crippen LogP contribution is -1.86. The third-order valence-corrected chi connectivity index (χ3v) is 9.15. The first-order chi connectivity index (χ1) is 19.3. The molecule has 0 unspecified atom stereocenters. The lowest BCUT2D eigenvalue weighted by molar-refractivity contribution is 1.26. The maximum atomic E-state index is 2.42. The molecule has 182 valence electrons. The third kappa shape index (κ3) is 3.18. The Kier molecular flexibility index (Phi) is 4.32. The van der Waals surface area contributed by atoms with Crippen LogP contribution in [0.4, 0.5) is 0 Å². The SMILES string of the molecule is c1ccc2c(c1)Cc1ccc(-c3ccc4c(c3)-c3cc(-c5ccc6c(c5)-c5ccccc5C6)ccc3C4)cc1-2. The zero-order valence-corrected chi connectivity index (χ0v) is 21.7. The fraction of sp³-hybridized carbons (Fsp3) is 0.0769. The summed E-state index contributed by atoms with van der Waals surface area (Å²) in [5, 5.41) is 0. The number of hydrogen-bond donors (Lipinski definition) is 0. The Morgan fingerprint density at radius 1 is 0.256 bits per heavy atom. The van der Waals surface area contributed by atoms with Crippen molar-refractivity contribution in [1.29, 1.82) is 0 Å². The monoisotopic (exact) mass is 494 g/mol. The standard InChI is InChI=1S/C39H26/c1-3-7-34-28(5-1)17-30-13-9-24(20-36(30)34)26-11-15-32-19-33-16-12-27(23-39(33)38(32)22-26)25-10-14-31-18-29-6-2-4-8-35(29)37(31)21-25/h1-16,20-23H,17-19H2. The van der Waals surface area contributed by atoms with Gasteiger partial charge in [0, 0.05) is 0 Å². The fourth-order valence-electron chi connectivity index (χ4n) is 7.13. The Labute approximate surface area is 229 Å². The van der Waals surface area contributed by atoms with E-state index in [2.05, 4.69) is 121 Å². The topological polar surface area (TPSA) is 0 Å². The molecule has 0 amide bonds. The molecule has 3 aliphatic rings. The fourth-order valence-corrected chi connectivity index (χ4v) is 7.13. The normalized spacial score (nSPS) is 13.3. The van der Waals surface area contributed by atoms with Gasteiger partial charge in [0.2, 0.25) is 0 Å². The molecule has 9 rings (SSSR count). The van der Waals surface area contributed by atoms with Crippen molar-refractivity contribution in [2.24, 2.45) is 0 Å². The van der Waals surface area contributed by atoms with E-state index in [9.17, 15) is 0 Å². The van der Waals surface area contributed by atoms with Crippen LogP contribution in [0.2, 0.25) is 0 Å². The van der Waals surface area contributed by atoms with Crippen molar-refractivity contribution in [1.82, 2.24) is 0 Å². The second kappa shape index (κ2) is 7.91. The summed E-state index contributed by atoms with van der Waals surface area (Å²) in [6.07, 6.45) is 3.10. The predicted molar refractivity (Wildman–Crippen MR) is 162 cm³/mol. The first-order valence-electron chi connectivity index (χ1n) is 14.0. The molecule has 6 aromatic rings. The van der Waals surface area contributed by atoms with Crippen molar-refractivity contribution in [2.45, 2.75) is 19.3 Å². The van der Waals surface area contributed by atoms with Crippen LogP contribution in [0.3, 0.4) is 0 Å². The average molecular weight is 495 g/mol. The van der Waals surface area contributed by atoms with Gasteiger partial charge in [-0.3, -0.25) is 0 Å². The van der Waals surface area contributed by atoms with E-state index in [1.54, 1.807) is 0 Å². The molecule has 39 heavy (non-hydrogen) atoms. The molecule has 0 N–H and O–H groups in total. The van der Waals surface area contributed by atoms with Gasteiger partial charge in [0.25, 0.3) is 0 Å². The lowest BCUT2D eigenvalue weighted by atomic mass is 9.93. The van der Waals surface area contributed by atoms with E-state index >= 15 is 0 Å². The summed E-state index contributed by atoms with van der Waals surface area (Å²) < 4.78 is 0. The molecule has 0 aromatic heterocycles. The molecular formula is C39H26. The van der Waals surface area contributed by atoms with Gasteiger partial charge in [-0.1, -0.05) is 97.1 Å². The van der Waals surface area contributed by atoms with Crippen LogP contribution in [-0.4, -0.2) is 0 Å². The van der Waals surface area contributed by atoms with Crippen LogP contribution in [0.25, 0.3) is 55.6 Å². The second-order valence-electron chi connectivity index (χ2n) is 11.3. The second-order valence-corrected chi connectivity index (χ2v) is 11.3. The van der Waals surface area contributed by atoms with E-state index in [1.807, 2.05) is 0 Å². The Bertz CT molecular complexity index is 1840. The Morgan fingerprint density at radius 2 is 0.538 bits per heavy atom. The first-order valence-corrected chi connectivity index (χ1v) is 14.0. The van der Waals surface area contributed by atoms with Crippen molar-refractivity contribution in [3.8, 4) is 55.6 Å². The maximum absolute atomic E-state index is 2.42. The molecule has 3 aliphatic carbocycles. The third-order valence-electron chi connectivity index (χ3n) is 9.15. The minimum absolute atomic E-state index is 1.01. The van der Waals surface area contributed by atoms with Crippen LogP contribution >= 0.6 is 0 Å². The quantitative estimate of drug-likeness (QED) is 0.224. The van der Waals surface area contributed by atoms with Crippen molar-refractivity contribution in [3.63, 3.8) is 0 Å². The van der Waals surface area contributed by atoms with E-state index in [1.165, 1.54) is 89.0 Å². The summed E-state index contributed by atoms with van der Waals surface area (Å²) in [5.41, 5.74) is 22.2. The smallest absolute Gasteiger partial charge is 0.00134 e. The van der Waals surface area contributed by atoms with Crippen LogP contribution in [0.5, 0.6) is 0 Å². The highest BCUT2D eigenvalue weighted by Crippen LogP contribution is 2.44. The molecule has 0 saturated heterocycles. The van der Waals surface area contributed by atoms with Gasteiger partial charge >= 0.3 is 0 Å². The first kappa shape index (κ1) is 21.3. The van der Waals surface area contributed by atoms with E-state index in [0.29, 0.717) is 0 Å². The maximum Gasteiger partial charge on any atom is -0.00134 e. The number of hydrogen-bond acceptors (Lipinski definition) is 0. The average Bonchev–Trinajstić information content (AvgIpc) is 3.66. The number of rotatable bonds is 2. The van der Waals surface area contributed by atoms with E-state index in [-0.39, 0.29) is 0 Å². The van der Waals surface area contributed by atoms with Crippen LogP contribution in [0.15, 0.2) is 121 Å². The Morgan fingerprint density at radius 3 is 0.897 bits per heavy atom. The van der Waals surface area contributed by atoms with Gasteiger partial charge in [-0.15, -0.1) is 0 Å². The molecule has 0 atom stereocenters. The molecule has 0 aliphatic heterocycles. The minimum Gasteiger partial charge on any atom is -0.0619 e. The summed E-state index contributed by atoms with van der Waals surface area (Å²) in [4.78, 5) is 0. The molecule has 6 aromatic carbocycles. The summed E-state index contributed by atoms with van der Waals surface area (Å²) >= 11 is 0. The van der Waals surface area contributed by atoms with Gasteiger partial charge in [0.15, 0.2) is 0 Å². The molecule has 0 saturated carbocycles. The van der Waals surface area contributed by atoms with E-state index < -0.39 is 0 Å². The summed E-state index contributed by atoms with van der Waals surface area (Å²) in [6, 6.07) is 45.9. The van der Waals surface area contributed by atoms with Crippen LogP contribution in [0, 0.1) is 0 Å². The summed E-state index contributed by atoms with van der Waals surface area (Å²) in [6.45, 7) is 0. The molecule has 0 radical (unpaired) electrons. The highest BCUT2D eigenvalue weighted by Gasteiger charge is 2.23. The zero-order chi connectivity index (χ0) is 25.5. The van der Waals surface area contributed by atoms with Gasteiger partial charge in [-0.05, 0) is 133 Å². The van der Waals surface area contributed by atoms with Crippen LogP contribution in [-0.2, 0) is 19.3 Å². The van der Waals surface area contributed by atoms with Gasteiger partial charge in [0.05, 0.1) is 0 Å². The number of benzene rings is 6. The molecule has 0 heteroatoms. The summed E-state index contributed by atoms with van der Waals surface area (Å²) in [5.74, 6) is 0. The largest absolute Gasteiger partial charge is 0.0619 e. The van der Waals surface area contributed by atoms with Crippen molar-refractivity contribution in [2.75, 3.05) is 0 Å². The van der Waals surface area contributed by atoms with Gasteiger partial charge in [-0.2, -0.15) is 0 Å². The van der Waals surface area contributed by atoms with Gasteiger partial charge in [-0.25, -0.2) is 0 Å². The number of fused-ring (bicyclic) bond motifs is 9. The Balaban J connectivity index is 1.11. The van der Waals surface area contributed by atoms with Crippen molar-refractivity contribution >= 4 is 0 Å². The van der Waals surface area contributed by atoms with Crippen molar-refractivity contribution in [3.05, 3.63) is 155 Å². The molecule has 0 bridgehead atoms. The highest BCUT2D eigenvalue weighted by atomic mass is 14.3. The molecule has 0 nitrogen and oxygen atoms in total. The minimum atomic E-state index is 1.01. The molecule has 0 spiro atoms. The Hall–Kier alpha value is -4.68.